The number of aromatic nitrogens is 4. The molecule has 2 saturated heterocycles. The van der Waals surface area contributed by atoms with Crippen molar-refractivity contribution in [3.63, 3.8) is 0 Å². The van der Waals surface area contributed by atoms with E-state index in [0.717, 1.165) is 43.3 Å². The molecule has 8 rings (SSSR count). The molecule has 60 heavy (non-hydrogen) atoms. The number of H-pyrrole nitrogens is 2. The minimum absolute atomic E-state index is 0.00662. The Bertz CT molecular complexity index is 1920. The Balaban J connectivity index is 0.000000301. The smallest absolute Gasteiger partial charge is 0.407 e. The first-order valence-electron chi connectivity index (χ1n) is 22.3. The summed E-state index contributed by atoms with van der Waals surface area (Å²) in [7, 11) is 5.66. The third-order valence-electron chi connectivity index (χ3n) is 11.6. The first kappa shape index (κ1) is 48.5. The van der Waals surface area contributed by atoms with Crippen molar-refractivity contribution in [3.8, 4) is 32.3 Å². The van der Waals surface area contributed by atoms with Crippen LogP contribution in [0, 0.1) is 5.92 Å². The topological polar surface area (TPSA) is 148 Å². The van der Waals surface area contributed by atoms with Crippen LogP contribution in [0.4, 0.5) is 4.79 Å². The Hall–Kier alpha value is -4.17. The zero-order valence-electron chi connectivity index (χ0n) is 37.9. The highest BCUT2D eigenvalue weighted by Gasteiger charge is 2.41. The summed E-state index contributed by atoms with van der Waals surface area (Å²) in [6.45, 7) is 17.5. The number of carbonyl (C=O) groups is 3. The number of imidazole rings is 2. The Morgan fingerprint density at radius 2 is 1.38 bits per heavy atom. The van der Waals surface area contributed by atoms with E-state index in [1.807, 2.05) is 52.2 Å². The fraction of sp³-hybridized carbons (Fsp3) is 0.596. The summed E-state index contributed by atoms with van der Waals surface area (Å²) in [5, 5.41) is 5.22. The lowest BCUT2D eigenvalue weighted by atomic mass is 9.84. The number of aldehydes is 2. The second-order valence-corrected chi connectivity index (χ2v) is 17.3. The second-order valence-electron chi connectivity index (χ2n) is 16.2. The first-order chi connectivity index (χ1) is 29.1. The normalized spacial score (nSPS) is 20.6. The van der Waals surface area contributed by atoms with Crippen LogP contribution < -0.4 is 10.6 Å². The van der Waals surface area contributed by atoms with Crippen molar-refractivity contribution >= 4 is 30.0 Å². The maximum absolute atomic E-state index is 10.3. The van der Waals surface area contributed by atoms with Crippen molar-refractivity contribution < 1.29 is 19.1 Å². The molecule has 0 radical (unpaired) electrons. The molecule has 1 saturated carbocycles. The molecule has 2 aliphatic carbocycles. The number of nitrogens with one attached hydrogen (secondary N) is 4. The molecule has 5 atom stereocenters. The third kappa shape index (κ3) is 12.0. The highest BCUT2D eigenvalue weighted by molar-refractivity contribution is 7.18. The van der Waals surface area contributed by atoms with E-state index in [9.17, 15) is 14.4 Å². The van der Waals surface area contributed by atoms with Crippen LogP contribution in [0.1, 0.15) is 147 Å². The van der Waals surface area contributed by atoms with Crippen LogP contribution in [0.15, 0.2) is 36.7 Å². The van der Waals surface area contributed by atoms with Gasteiger partial charge in [-0.15, -0.1) is 11.3 Å². The molecule has 13 heteroatoms. The monoisotopic (exact) mass is 845 g/mol. The van der Waals surface area contributed by atoms with E-state index in [2.05, 4.69) is 93.5 Å². The van der Waals surface area contributed by atoms with Crippen LogP contribution in [-0.2, 0) is 14.3 Å². The molecule has 330 valence electrons. The number of thiophene rings is 1. The van der Waals surface area contributed by atoms with E-state index in [1.54, 1.807) is 11.1 Å². The third-order valence-corrected chi connectivity index (χ3v) is 12.8. The molecule has 2 aliphatic heterocycles. The predicted molar refractivity (Wildman–Crippen MR) is 246 cm³/mol. The summed E-state index contributed by atoms with van der Waals surface area (Å²) in [5.41, 5.74) is 8.37. The standard InChI is InChI=1S/C31H36N6S.C7H15NO.C4H7NO3.C3H8.C2H6/c1-36-13-3-5-24(36)30-32-16-22(34-30)20-9-10-21(29-19-8-7-18(15-19)28(20)29)26-11-12-27(38-26)23-17-33-31(35-23)25-6-4-14-37(25)2;1-4-8-7(5-9)6(2)3;1-8-4(7)5-2-3-6;1-3-2;1-2/h9-12,16-19,24-25H,3-8,13-15H2,1-2H3,(H,32,34)(H,33,35);5-8H,4H2,1-3H3;3H,2H2,1H3,(H,5,7);3H2,1-2H3;1-2H3/t18?,19?,24?,25-;;;;/m0..../s1. The molecule has 5 heterocycles. The highest BCUT2D eigenvalue weighted by atomic mass is 32.1. The number of amides is 1. The Labute approximate surface area is 363 Å². The number of ether oxygens (including phenoxy) is 1. The van der Waals surface area contributed by atoms with Gasteiger partial charge in [-0.25, -0.2) is 14.8 Å². The summed E-state index contributed by atoms with van der Waals surface area (Å²) in [5.74, 6) is 4.02. The lowest BCUT2D eigenvalue weighted by Crippen LogP contribution is -2.34. The molecule has 4 N–H and O–H groups in total. The van der Waals surface area contributed by atoms with Crippen LogP contribution in [-0.4, -0.2) is 102 Å². The van der Waals surface area contributed by atoms with Gasteiger partial charge in [-0.05, 0) is 125 Å². The summed E-state index contributed by atoms with van der Waals surface area (Å²) >= 11 is 1.90. The van der Waals surface area contributed by atoms with Crippen molar-refractivity contribution in [2.45, 2.75) is 130 Å². The van der Waals surface area contributed by atoms with E-state index >= 15 is 0 Å². The number of methoxy groups -OCH3 is 1. The van der Waals surface area contributed by atoms with Crippen molar-refractivity contribution in [2.24, 2.45) is 5.92 Å². The van der Waals surface area contributed by atoms with E-state index in [1.165, 1.54) is 85.1 Å². The van der Waals surface area contributed by atoms with E-state index < -0.39 is 6.09 Å². The van der Waals surface area contributed by atoms with Gasteiger partial charge in [0, 0.05) is 10.4 Å². The number of rotatable bonds is 11. The summed E-state index contributed by atoms with van der Waals surface area (Å²) in [4.78, 5) is 54.4. The molecule has 2 bridgehead atoms. The van der Waals surface area contributed by atoms with Gasteiger partial charge in [0.15, 0.2) is 0 Å². The van der Waals surface area contributed by atoms with Gasteiger partial charge in [0.1, 0.15) is 24.2 Å². The van der Waals surface area contributed by atoms with Gasteiger partial charge < -0.3 is 34.9 Å². The summed E-state index contributed by atoms with van der Waals surface area (Å²) < 4.78 is 4.14. The number of benzene rings is 1. The minimum atomic E-state index is -0.586. The van der Waals surface area contributed by atoms with Gasteiger partial charge in [-0.3, -0.25) is 9.80 Å². The largest absolute Gasteiger partial charge is 0.453 e. The number of fused-ring (bicyclic) bond motifs is 5. The van der Waals surface area contributed by atoms with Gasteiger partial charge in [0.25, 0.3) is 0 Å². The van der Waals surface area contributed by atoms with Gasteiger partial charge in [0.2, 0.25) is 0 Å². The molecule has 3 fully saturated rings. The predicted octanol–water partition coefficient (Wildman–Crippen LogP) is 9.90. The van der Waals surface area contributed by atoms with E-state index in [0.29, 0.717) is 36.1 Å². The molecule has 1 amide bonds. The maximum Gasteiger partial charge on any atom is 0.407 e. The molecule has 1 aromatic carbocycles. The number of hydrogen-bond donors (Lipinski definition) is 4. The van der Waals surface area contributed by atoms with Crippen molar-refractivity contribution in [2.75, 3.05) is 47.4 Å². The lowest BCUT2D eigenvalue weighted by molar-refractivity contribution is -0.110. The quantitative estimate of drug-likeness (QED) is 0.108. The molecular formula is C47H72N8O4S. The lowest BCUT2D eigenvalue weighted by Gasteiger charge is -2.22. The number of carbonyl (C=O) groups excluding carboxylic acids is 3. The molecule has 4 aromatic rings. The molecule has 12 nitrogen and oxygen atoms in total. The molecule has 4 unspecified atom stereocenters. The van der Waals surface area contributed by atoms with Crippen molar-refractivity contribution in [1.82, 2.24) is 40.4 Å². The summed E-state index contributed by atoms with van der Waals surface area (Å²) in [6.07, 6.45) is 15.2. The van der Waals surface area contributed by atoms with Crippen LogP contribution >= 0.6 is 11.3 Å². The second kappa shape index (κ2) is 24.3. The number of aromatic amines is 2. The minimum Gasteiger partial charge on any atom is -0.453 e. The first-order valence-corrected chi connectivity index (χ1v) is 23.1. The number of hydrogen-bond acceptors (Lipinski definition) is 10. The number of nitrogens with zero attached hydrogens (tertiary/aromatic N) is 4. The number of alkyl carbamates (subject to hydrolysis) is 1. The Morgan fingerprint density at radius 1 is 0.850 bits per heavy atom. The Morgan fingerprint density at radius 3 is 1.87 bits per heavy atom. The summed E-state index contributed by atoms with van der Waals surface area (Å²) in [6, 6.07) is 10.2. The van der Waals surface area contributed by atoms with Gasteiger partial charge >= 0.3 is 6.09 Å². The molecule has 3 aromatic heterocycles. The molecule has 4 aliphatic rings. The molecular weight excluding hydrogens is 773 g/mol. The highest BCUT2D eigenvalue weighted by Crippen LogP contribution is 2.58. The van der Waals surface area contributed by atoms with E-state index in [4.69, 9.17) is 9.97 Å². The zero-order chi connectivity index (χ0) is 43.8. The fourth-order valence-electron chi connectivity index (χ4n) is 8.76. The van der Waals surface area contributed by atoms with Crippen LogP contribution in [0.3, 0.4) is 0 Å². The van der Waals surface area contributed by atoms with Crippen LogP contribution in [0.5, 0.6) is 0 Å². The van der Waals surface area contributed by atoms with E-state index in [-0.39, 0.29) is 12.6 Å². The average Bonchev–Trinajstić information content (AvgIpc) is 4.12. The van der Waals surface area contributed by atoms with Gasteiger partial charge in [-0.2, -0.15) is 0 Å². The maximum atomic E-state index is 10.3. The van der Waals surface area contributed by atoms with Gasteiger partial charge in [-0.1, -0.05) is 67.0 Å². The SMILES string of the molecule is CC.CCC.CCNC(C=O)C(C)C.CN1CCCC1c1ncc(-c2ccc(-c3ccc(-c4cnc([C@@H]5CCCN5C)[nH]4)s3)c3c2C2CCC3C2)[nH]1.COC(=O)NCC=O. The van der Waals surface area contributed by atoms with Crippen LogP contribution in [0.2, 0.25) is 0 Å². The molecule has 0 spiro atoms. The zero-order valence-corrected chi connectivity index (χ0v) is 38.7. The van der Waals surface area contributed by atoms with Crippen molar-refractivity contribution in [3.05, 3.63) is 59.4 Å². The number of likely N-dealkylation sites (tertiary alicyclic amines) is 2. The van der Waals surface area contributed by atoms with Gasteiger partial charge in [0.05, 0.1) is 60.4 Å². The van der Waals surface area contributed by atoms with Crippen molar-refractivity contribution in [1.29, 1.82) is 0 Å². The van der Waals surface area contributed by atoms with Crippen LogP contribution in [0.25, 0.3) is 32.3 Å². The average molecular weight is 845 g/mol. The Kier molecular flexibility index (Phi) is 19.7. The number of likely N-dealkylation sites (N-methyl/N-ethyl adjacent to an activating group) is 1. The fourth-order valence-corrected chi connectivity index (χ4v) is 9.77.